The number of likely N-dealkylation sites (tertiary alicyclic amines) is 1. The molecule has 44 heavy (non-hydrogen) atoms. The molecule has 5 aromatic rings. The lowest BCUT2D eigenvalue weighted by Gasteiger charge is -2.30. The predicted molar refractivity (Wildman–Crippen MR) is 170 cm³/mol. The molecule has 0 atom stereocenters. The molecule has 1 amide bonds. The maximum absolute atomic E-state index is 13.6. The van der Waals surface area contributed by atoms with Gasteiger partial charge in [-0.2, -0.15) is 4.98 Å². The summed E-state index contributed by atoms with van der Waals surface area (Å²) in [6, 6.07) is 11.9. The van der Waals surface area contributed by atoms with Crippen LogP contribution in [0.15, 0.2) is 65.7 Å². The molecular weight excluding hydrogens is 556 g/mol. The number of aromatic nitrogens is 5. The number of aromatic amines is 1. The fraction of sp³-hybridized carbons (Fsp3) is 0.333. The van der Waals surface area contributed by atoms with E-state index in [9.17, 15) is 9.59 Å². The summed E-state index contributed by atoms with van der Waals surface area (Å²) in [4.78, 5) is 43.5. The van der Waals surface area contributed by atoms with Crippen molar-refractivity contribution in [3.8, 4) is 11.4 Å². The highest BCUT2D eigenvalue weighted by molar-refractivity contribution is 5.98. The first-order valence-electron chi connectivity index (χ1n) is 15.3. The van der Waals surface area contributed by atoms with Gasteiger partial charge in [-0.15, -0.1) is 0 Å². The number of carbonyl (C=O) groups excluding carboxylic acids is 1. The number of amides is 1. The van der Waals surface area contributed by atoms with Gasteiger partial charge in [0.1, 0.15) is 11.1 Å². The van der Waals surface area contributed by atoms with Crippen LogP contribution in [0.5, 0.6) is 5.75 Å². The van der Waals surface area contributed by atoms with Crippen molar-refractivity contribution in [2.24, 2.45) is 0 Å². The standard InChI is InChI=1S/C33H34N8O3/c1-38-14-10-21(11-15-38)25-18-34-27-8-6-22(16-24(25)27)36-33-35-19-26-31(37-33)41-23-7-9-29-28(17-23)39(30(42)20-44-29)12-4-2-3-5-13-40(41)32(26)43/h3,5-9,16-19,21,34H,2,4,10-15,20H2,1H3,(H,35,36,37)/b5-3-. The molecule has 0 radical (unpaired) electrons. The van der Waals surface area contributed by atoms with Crippen LogP contribution in [-0.4, -0.2) is 68.4 Å². The van der Waals surface area contributed by atoms with Crippen molar-refractivity contribution in [2.75, 3.05) is 43.5 Å². The van der Waals surface area contributed by atoms with Gasteiger partial charge < -0.3 is 24.8 Å². The van der Waals surface area contributed by atoms with Gasteiger partial charge in [0.15, 0.2) is 12.3 Å². The maximum atomic E-state index is 13.6. The van der Waals surface area contributed by atoms with Gasteiger partial charge in [-0.25, -0.2) is 14.3 Å². The largest absolute Gasteiger partial charge is 0.482 e. The average Bonchev–Trinajstić information content (AvgIpc) is 3.57. The Labute approximate surface area is 253 Å². The molecule has 0 spiro atoms. The van der Waals surface area contributed by atoms with E-state index in [2.05, 4.69) is 51.6 Å². The van der Waals surface area contributed by atoms with E-state index in [0.29, 0.717) is 53.1 Å². The van der Waals surface area contributed by atoms with Crippen LogP contribution in [0.4, 0.5) is 17.3 Å². The first kappa shape index (κ1) is 26.7. The Balaban J connectivity index is 1.20. The fourth-order valence-electron chi connectivity index (χ4n) is 6.75. The van der Waals surface area contributed by atoms with Crippen molar-refractivity contribution in [1.29, 1.82) is 0 Å². The molecule has 11 nitrogen and oxygen atoms in total. The lowest BCUT2D eigenvalue weighted by Crippen LogP contribution is -2.39. The van der Waals surface area contributed by atoms with Gasteiger partial charge in [-0.3, -0.25) is 9.59 Å². The molecule has 1 saturated heterocycles. The molecule has 0 aliphatic carbocycles. The first-order valence-corrected chi connectivity index (χ1v) is 15.3. The van der Waals surface area contributed by atoms with Gasteiger partial charge in [0.05, 0.1) is 17.9 Å². The molecule has 0 unspecified atom stereocenters. The number of rotatable bonds is 3. The number of H-pyrrole nitrogens is 1. The van der Waals surface area contributed by atoms with Crippen molar-refractivity contribution >= 4 is 45.2 Å². The summed E-state index contributed by atoms with van der Waals surface area (Å²) >= 11 is 0. The van der Waals surface area contributed by atoms with E-state index in [0.717, 1.165) is 50.0 Å². The average molecular weight is 591 g/mol. The van der Waals surface area contributed by atoms with E-state index in [-0.39, 0.29) is 18.1 Å². The minimum absolute atomic E-state index is 0.0235. The van der Waals surface area contributed by atoms with Gasteiger partial charge in [-0.05, 0) is 93.7 Å². The maximum Gasteiger partial charge on any atom is 0.278 e. The van der Waals surface area contributed by atoms with Gasteiger partial charge in [0.2, 0.25) is 5.95 Å². The molecule has 3 aliphatic heterocycles. The van der Waals surface area contributed by atoms with Crippen LogP contribution in [0.25, 0.3) is 27.6 Å². The van der Waals surface area contributed by atoms with Gasteiger partial charge >= 0.3 is 0 Å². The molecular formula is C33H34N8O3. The zero-order chi connectivity index (χ0) is 29.8. The second-order valence-electron chi connectivity index (χ2n) is 11.9. The number of nitrogens with one attached hydrogen (secondary N) is 2. The minimum Gasteiger partial charge on any atom is -0.482 e. The highest BCUT2D eigenvalue weighted by atomic mass is 16.5. The highest BCUT2D eigenvalue weighted by Crippen LogP contribution is 2.36. The third-order valence-corrected chi connectivity index (χ3v) is 9.13. The van der Waals surface area contributed by atoms with Crippen molar-refractivity contribution in [2.45, 2.75) is 38.1 Å². The van der Waals surface area contributed by atoms with E-state index >= 15 is 0 Å². The van der Waals surface area contributed by atoms with Crippen molar-refractivity contribution in [3.05, 3.63) is 76.9 Å². The summed E-state index contributed by atoms with van der Waals surface area (Å²) in [5, 5.41) is 5.02. The number of carbonyl (C=O) groups is 1. The van der Waals surface area contributed by atoms with Gasteiger partial charge in [0.25, 0.3) is 11.5 Å². The van der Waals surface area contributed by atoms with Gasteiger partial charge in [-0.1, -0.05) is 12.2 Å². The molecule has 2 bridgehead atoms. The van der Waals surface area contributed by atoms with E-state index in [1.54, 1.807) is 15.8 Å². The molecule has 2 N–H and O–H groups in total. The third kappa shape index (κ3) is 4.55. The predicted octanol–water partition coefficient (Wildman–Crippen LogP) is 4.69. The molecule has 224 valence electrons. The Morgan fingerprint density at radius 3 is 2.80 bits per heavy atom. The Kier molecular flexibility index (Phi) is 6.48. The van der Waals surface area contributed by atoms with Crippen LogP contribution in [0.3, 0.4) is 0 Å². The van der Waals surface area contributed by atoms with E-state index in [4.69, 9.17) is 9.72 Å². The monoisotopic (exact) mass is 590 g/mol. The Bertz CT molecular complexity index is 2000. The summed E-state index contributed by atoms with van der Waals surface area (Å²) in [7, 11) is 2.18. The van der Waals surface area contributed by atoms with E-state index < -0.39 is 0 Å². The Morgan fingerprint density at radius 1 is 1.02 bits per heavy atom. The quantitative estimate of drug-likeness (QED) is 0.293. The summed E-state index contributed by atoms with van der Waals surface area (Å²) < 4.78 is 9.23. The van der Waals surface area contributed by atoms with Crippen molar-refractivity contribution < 1.29 is 9.53 Å². The summed E-state index contributed by atoms with van der Waals surface area (Å²) in [5.41, 5.74) is 5.07. The van der Waals surface area contributed by atoms with Crippen LogP contribution in [0.2, 0.25) is 0 Å². The zero-order valence-corrected chi connectivity index (χ0v) is 24.6. The van der Waals surface area contributed by atoms with Crippen LogP contribution in [0, 0.1) is 0 Å². The number of nitrogens with zero attached hydrogens (tertiary/aromatic N) is 6. The van der Waals surface area contributed by atoms with Crippen molar-refractivity contribution in [3.63, 3.8) is 0 Å². The lowest BCUT2D eigenvalue weighted by molar-refractivity contribution is -0.121. The summed E-state index contributed by atoms with van der Waals surface area (Å²) in [6.07, 6.45) is 11.7. The normalized spacial score (nSPS) is 18.5. The number of ether oxygens (including phenoxy) is 1. The van der Waals surface area contributed by atoms with Crippen LogP contribution < -0.4 is 20.5 Å². The topological polar surface area (TPSA) is 113 Å². The fourth-order valence-corrected chi connectivity index (χ4v) is 6.75. The number of hydrogen-bond donors (Lipinski definition) is 2. The molecule has 3 aromatic heterocycles. The molecule has 3 aliphatic rings. The summed E-state index contributed by atoms with van der Waals surface area (Å²) in [5.74, 6) is 1.51. The molecule has 8 rings (SSSR count). The minimum atomic E-state index is -0.174. The molecule has 6 heterocycles. The third-order valence-electron chi connectivity index (χ3n) is 9.13. The van der Waals surface area contributed by atoms with E-state index in [1.165, 1.54) is 10.9 Å². The highest BCUT2D eigenvalue weighted by Gasteiger charge is 2.27. The molecule has 1 fully saturated rings. The van der Waals surface area contributed by atoms with Crippen LogP contribution >= 0.6 is 0 Å². The molecule has 11 heteroatoms. The second kappa shape index (κ2) is 10.7. The molecule has 0 saturated carbocycles. The van der Waals surface area contributed by atoms with Crippen molar-refractivity contribution in [1.82, 2.24) is 29.2 Å². The number of allylic oxidation sites excluding steroid dienone is 2. The van der Waals surface area contributed by atoms with Gasteiger partial charge in [0, 0.05) is 35.5 Å². The number of hydrogen-bond acceptors (Lipinski definition) is 7. The Morgan fingerprint density at radius 2 is 1.91 bits per heavy atom. The van der Waals surface area contributed by atoms with Crippen LogP contribution in [0.1, 0.15) is 37.2 Å². The first-order chi connectivity index (χ1) is 21.5. The van der Waals surface area contributed by atoms with E-state index in [1.807, 2.05) is 35.0 Å². The lowest BCUT2D eigenvalue weighted by atomic mass is 9.89. The number of fused-ring (bicyclic) bond motifs is 6. The Hall–Kier alpha value is -4.90. The summed E-state index contributed by atoms with van der Waals surface area (Å²) in [6.45, 7) is 3.22. The van der Waals surface area contributed by atoms with Crippen LogP contribution in [-0.2, 0) is 11.3 Å². The number of piperidine rings is 1. The number of anilines is 3. The molecule has 2 aromatic carbocycles. The zero-order valence-electron chi connectivity index (χ0n) is 24.6. The SMILES string of the molecule is CN1CCC(c2c[nH]c3ccc(Nc4ncc5c(=O)n6n(c5n4)-c4ccc5c(c4)N(CCC/C=C\C6)C(=O)CO5)cc23)CC1. The second-order valence-corrected chi connectivity index (χ2v) is 11.9. The smallest absolute Gasteiger partial charge is 0.278 e. The number of benzene rings is 2.